The van der Waals surface area contributed by atoms with Crippen LogP contribution in [0.15, 0.2) is 0 Å². The van der Waals surface area contributed by atoms with Gasteiger partial charge in [-0.2, -0.15) is 0 Å². The first-order valence-corrected chi connectivity index (χ1v) is 13.4. The summed E-state index contributed by atoms with van der Waals surface area (Å²) in [6.45, 7) is 18.0. The lowest BCUT2D eigenvalue weighted by Crippen LogP contribution is -2.45. The van der Waals surface area contributed by atoms with E-state index in [0.717, 1.165) is 23.9 Å². The number of unbranched alkanes of at least 4 members (excludes halogenated alkanes) is 3. The Hall–Kier alpha value is -0.0800. The fraction of sp³-hybridized carbons (Fsp3) is 1.00. The van der Waals surface area contributed by atoms with Crippen molar-refractivity contribution in [2.45, 2.75) is 118 Å². The molecule has 0 aromatic carbocycles. The van der Waals surface area contributed by atoms with E-state index < -0.39 is 0 Å². The molecular formula is C28H52N2. The summed E-state index contributed by atoms with van der Waals surface area (Å²) in [5.74, 6) is 1.92. The minimum Gasteiger partial charge on any atom is -0.303 e. The van der Waals surface area contributed by atoms with Crippen LogP contribution in [0.2, 0.25) is 0 Å². The molecule has 0 unspecified atom stereocenters. The zero-order valence-electron chi connectivity index (χ0n) is 21.7. The van der Waals surface area contributed by atoms with Crippen molar-refractivity contribution < 1.29 is 0 Å². The van der Waals surface area contributed by atoms with Crippen LogP contribution in [0.5, 0.6) is 0 Å². The quantitative estimate of drug-likeness (QED) is 0.380. The van der Waals surface area contributed by atoms with E-state index >= 15 is 0 Å². The summed E-state index contributed by atoms with van der Waals surface area (Å²) in [5.41, 5.74) is 2.17. The summed E-state index contributed by atoms with van der Waals surface area (Å²) in [7, 11) is 4.83. The third-order valence-corrected chi connectivity index (χ3v) is 12.3. The maximum Gasteiger partial charge on any atom is 0.0154 e. The van der Waals surface area contributed by atoms with Crippen molar-refractivity contribution >= 4 is 0 Å². The van der Waals surface area contributed by atoms with Gasteiger partial charge in [0.05, 0.1) is 0 Å². The van der Waals surface area contributed by atoms with Crippen LogP contribution in [0, 0.1) is 33.5 Å². The van der Waals surface area contributed by atoms with E-state index in [0.29, 0.717) is 21.7 Å². The van der Waals surface area contributed by atoms with Crippen molar-refractivity contribution in [1.29, 1.82) is 0 Å². The van der Waals surface area contributed by atoms with Gasteiger partial charge in [-0.3, -0.25) is 0 Å². The predicted molar refractivity (Wildman–Crippen MR) is 130 cm³/mol. The second-order valence-electron chi connectivity index (χ2n) is 13.6. The number of hydrogen-bond donors (Lipinski definition) is 0. The van der Waals surface area contributed by atoms with Gasteiger partial charge in [0, 0.05) is 12.1 Å². The molecule has 0 aliphatic heterocycles. The molecule has 0 amide bonds. The predicted octanol–water partition coefficient (Wildman–Crippen LogP) is 6.84. The van der Waals surface area contributed by atoms with Crippen LogP contribution in [0.1, 0.15) is 106 Å². The average Bonchev–Trinajstić information content (AvgIpc) is 3.21. The van der Waals surface area contributed by atoms with Crippen LogP contribution in [0.4, 0.5) is 0 Å². The van der Waals surface area contributed by atoms with E-state index in [-0.39, 0.29) is 0 Å². The molecule has 0 aromatic heterocycles. The molecular weight excluding hydrogens is 364 g/mol. The van der Waals surface area contributed by atoms with Gasteiger partial charge in [-0.15, -0.1) is 0 Å². The first kappa shape index (κ1) is 23.1. The molecule has 4 saturated carbocycles. The van der Waals surface area contributed by atoms with Crippen molar-refractivity contribution in [2.75, 3.05) is 27.2 Å². The van der Waals surface area contributed by atoms with Gasteiger partial charge in [0.2, 0.25) is 0 Å². The van der Waals surface area contributed by atoms with Gasteiger partial charge >= 0.3 is 0 Å². The molecule has 0 spiro atoms. The van der Waals surface area contributed by atoms with Gasteiger partial charge in [-0.05, 0) is 112 Å². The van der Waals surface area contributed by atoms with E-state index in [2.05, 4.69) is 65.4 Å². The third-order valence-electron chi connectivity index (χ3n) is 12.3. The molecule has 4 rings (SSSR count). The van der Waals surface area contributed by atoms with Crippen LogP contribution in [0.3, 0.4) is 0 Å². The average molecular weight is 417 g/mol. The van der Waals surface area contributed by atoms with Crippen molar-refractivity contribution in [3.63, 3.8) is 0 Å². The summed E-state index contributed by atoms with van der Waals surface area (Å²) < 4.78 is 0. The molecule has 0 aromatic rings. The molecule has 174 valence electrons. The Balaban J connectivity index is 1.15. The Kier molecular flexibility index (Phi) is 5.97. The Morgan fingerprint density at radius 3 is 1.23 bits per heavy atom. The van der Waals surface area contributed by atoms with Crippen molar-refractivity contribution in [2.24, 2.45) is 33.5 Å². The van der Waals surface area contributed by atoms with Gasteiger partial charge in [0.25, 0.3) is 0 Å². The molecule has 0 heterocycles. The Morgan fingerprint density at radius 1 is 0.600 bits per heavy atom. The SMILES string of the molecule is CN(CCCCCCN(C)[C@@H]1C[C@H]2CC[C@]1(C)C2(C)C)[C@@H]1C[C@H]2CC[C@]1(C)C2(C)C. The molecule has 0 N–H and O–H groups in total. The highest BCUT2D eigenvalue weighted by Crippen LogP contribution is 2.67. The van der Waals surface area contributed by atoms with E-state index in [1.165, 1.54) is 77.3 Å². The molecule has 2 nitrogen and oxygen atoms in total. The van der Waals surface area contributed by atoms with Gasteiger partial charge in [0.1, 0.15) is 0 Å². The molecule has 30 heavy (non-hydrogen) atoms. The molecule has 6 atom stereocenters. The van der Waals surface area contributed by atoms with E-state index in [1.807, 2.05) is 0 Å². The zero-order valence-corrected chi connectivity index (χ0v) is 21.7. The van der Waals surface area contributed by atoms with Crippen molar-refractivity contribution in [3.8, 4) is 0 Å². The third kappa shape index (κ3) is 3.25. The second-order valence-corrected chi connectivity index (χ2v) is 13.6. The lowest BCUT2D eigenvalue weighted by atomic mass is 9.69. The van der Waals surface area contributed by atoms with Gasteiger partial charge in [0.15, 0.2) is 0 Å². The number of nitrogens with zero attached hydrogens (tertiary/aromatic N) is 2. The Bertz CT molecular complexity index is 570. The van der Waals surface area contributed by atoms with Crippen molar-refractivity contribution in [3.05, 3.63) is 0 Å². The molecule has 4 bridgehead atoms. The molecule has 0 radical (unpaired) electrons. The zero-order chi connectivity index (χ0) is 21.9. The second kappa shape index (κ2) is 7.75. The fourth-order valence-electron chi connectivity index (χ4n) is 9.04. The van der Waals surface area contributed by atoms with Gasteiger partial charge < -0.3 is 9.80 Å². The highest BCUT2D eigenvalue weighted by atomic mass is 15.2. The summed E-state index contributed by atoms with van der Waals surface area (Å²) in [4.78, 5) is 5.48. The Morgan fingerprint density at radius 2 is 0.967 bits per heavy atom. The lowest BCUT2D eigenvalue weighted by molar-refractivity contribution is 0.0552. The fourth-order valence-corrected chi connectivity index (χ4v) is 9.04. The summed E-state index contributed by atoms with van der Waals surface area (Å²) in [5, 5.41) is 0. The molecule has 4 aliphatic rings. The summed E-state index contributed by atoms with van der Waals surface area (Å²) in [6, 6.07) is 1.64. The van der Waals surface area contributed by atoms with Gasteiger partial charge in [-0.25, -0.2) is 0 Å². The van der Waals surface area contributed by atoms with Crippen LogP contribution < -0.4 is 0 Å². The number of hydrogen-bond acceptors (Lipinski definition) is 2. The largest absolute Gasteiger partial charge is 0.303 e. The number of rotatable bonds is 9. The minimum atomic E-state index is 0.541. The highest BCUT2D eigenvalue weighted by molar-refractivity contribution is 5.14. The maximum atomic E-state index is 2.74. The first-order valence-electron chi connectivity index (χ1n) is 13.4. The minimum absolute atomic E-state index is 0.541. The molecule has 0 saturated heterocycles. The molecule has 4 aliphatic carbocycles. The first-order chi connectivity index (χ1) is 13.9. The normalized spacial score (nSPS) is 43.4. The Labute approximate surface area is 188 Å². The van der Waals surface area contributed by atoms with Crippen LogP contribution in [0.25, 0.3) is 0 Å². The van der Waals surface area contributed by atoms with E-state index in [4.69, 9.17) is 0 Å². The lowest BCUT2D eigenvalue weighted by Gasteiger charge is -2.43. The smallest absolute Gasteiger partial charge is 0.0154 e. The van der Waals surface area contributed by atoms with Crippen LogP contribution >= 0.6 is 0 Å². The van der Waals surface area contributed by atoms with E-state index in [9.17, 15) is 0 Å². The summed E-state index contributed by atoms with van der Waals surface area (Å²) in [6.07, 6.45) is 14.3. The highest BCUT2D eigenvalue weighted by Gasteiger charge is 2.63. The van der Waals surface area contributed by atoms with Crippen LogP contribution in [-0.2, 0) is 0 Å². The van der Waals surface area contributed by atoms with E-state index in [1.54, 1.807) is 0 Å². The monoisotopic (exact) mass is 416 g/mol. The maximum absolute atomic E-state index is 2.74. The summed E-state index contributed by atoms with van der Waals surface area (Å²) >= 11 is 0. The topological polar surface area (TPSA) is 6.48 Å². The van der Waals surface area contributed by atoms with Crippen molar-refractivity contribution in [1.82, 2.24) is 9.80 Å². The van der Waals surface area contributed by atoms with Crippen LogP contribution in [-0.4, -0.2) is 49.1 Å². The number of fused-ring (bicyclic) bond motifs is 4. The molecule has 4 fully saturated rings. The molecule has 2 heteroatoms. The standard InChI is InChI=1S/C28H52N2/c1-25(2)21-13-15-27(25,5)23(19-21)29(7)17-11-9-10-12-18-30(8)24-20-22-14-16-28(24,6)26(22,3)4/h21-24H,9-20H2,1-8H3/t21-,22-,23-,24-,27+,28+/m1/s1. The van der Waals surface area contributed by atoms with Gasteiger partial charge in [-0.1, -0.05) is 54.4 Å².